The summed E-state index contributed by atoms with van der Waals surface area (Å²) in [5.41, 5.74) is 1.22. The summed E-state index contributed by atoms with van der Waals surface area (Å²) >= 11 is 1.78. The molecule has 3 unspecified atom stereocenters. The van der Waals surface area contributed by atoms with E-state index in [0.717, 1.165) is 19.4 Å². The maximum atomic E-state index is 10.1. The Morgan fingerprint density at radius 2 is 2.26 bits per heavy atom. The van der Waals surface area contributed by atoms with Gasteiger partial charge in [-0.1, -0.05) is 13.3 Å². The van der Waals surface area contributed by atoms with E-state index < -0.39 is 0 Å². The molecule has 1 saturated heterocycles. The molecule has 1 aromatic heterocycles. The van der Waals surface area contributed by atoms with Crippen LogP contribution >= 0.6 is 11.3 Å². The molecule has 1 aliphatic carbocycles. The molecule has 19 heavy (non-hydrogen) atoms. The summed E-state index contributed by atoms with van der Waals surface area (Å²) in [7, 11) is 0. The average molecular weight is 280 g/mol. The van der Waals surface area contributed by atoms with Gasteiger partial charge in [0.1, 0.15) is 0 Å². The first-order valence-corrected chi connectivity index (χ1v) is 8.51. The first kappa shape index (κ1) is 13.5. The van der Waals surface area contributed by atoms with E-state index in [9.17, 15) is 5.11 Å². The molecule has 4 heteroatoms. The monoisotopic (exact) mass is 280 g/mol. The molecule has 0 amide bonds. The number of thiazole rings is 1. The zero-order chi connectivity index (χ0) is 13.2. The fourth-order valence-electron chi connectivity index (χ4n) is 3.74. The first-order valence-electron chi connectivity index (χ1n) is 7.63. The van der Waals surface area contributed by atoms with E-state index in [1.54, 1.807) is 11.3 Å². The number of nitrogens with zero attached hydrogens (tertiary/aromatic N) is 2. The van der Waals surface area contributed by atoms with E-state index in [-0.39, 0.29) is 6.10 Å². The lowest BCUT2D eigenvalue weighted by molar-refractivity contribution is 0.0714. The predicted molar refractivity (Wildman–Crippen MR) is 78.3 cm³/mol. The maximum absolute atomic E-state index is 10.1. The lowest BCUT2D eigenvalue weighted by atomic mass is 9.94. The Morgan fingerprint density at radius 1 is 1.37 bits per heavy atom. The zero-order valence-corrected chi connectivity index (χ0v) is 12.5. The number of aliphatic hydroxyl groups is 1. The van der Waals surface area contributed by atoms with Crippen molar-refractivity contribution in [2.45, 2.75) is 64.1 Å². The Bertz CT molecular complexity index is 420. The van der Waals surface area contributed by atoms with Gasteiger partial charge in [-0.25, -0.2) is 4.98 Å². The zero-order valence-electron chi connectivity index (χ0n) is 11.7. The van der Waals surface area contributed by atoms with Gasteiger partial charge in [-0.15, -0.1) is 11.3 Å². The van der Waals surface area contributed by atoms with Crippen molar-refractivity contribution < 1.29 is 5.11 Å². The van der Waals surface area contributed by atoms with Crippen molar-refractivity contribution in [2.24, 2.45) is 5.92 Å². The lowest BCUT2D eigenvalue weighted by Gasteiger charge is -2.30. The van der Waals surface area contributed by atoms with Gasteiger partial charge in [-0.2, -0.15) is 0 Å². The maximum Gasteiger partial charge on any atom is 0.0926 e. The van der Waals surface area contributed by atoms with E-state index in [1.807, 2.05) is 0 Å². The molecule has 0 aromatic carbocycles. The number of likely N-dealkylation sites (tertiary alicyclic amines) is 1. The van der Waals surface area contributed by atoms with Crippen LogP contribution < -0.4 is 0 Å². The molecule has 3 atom stereocenters. The summed E-state index contributed by atoms with van der Waals surface area (Å²) in [6, 6.07) is 0.587. The highest BCUT2D eigenvalue weighted by Gasteiger charge is 2.38. The van der Waals surface area contributed by atoms with E-state index in [2.05, 4.69) is 22.2 Å². The second-order valence-electron chi connectivity index (χ2n) is 5.93. The second-order valence-corrected chi connectivity index (χ2v) is 6.87. The third-order valence-electron chi connectivity index (χ3n) is 4.71. The third-order valence-corrected chi connectivity index (χ3v) is 5.75. The molecule has 1 aliphatic heterocycles. The molecule has 3 nitrogen and oxygen atoms in total. The molecular weight excluding hydrogens is 256 g/mol. The van der Waals surface area contributed by atoms with E-state index >= 15 is 0 Å². The Kier molecular flexibility index (Phi) is 4.20. The van der Waals surface area contributed by atoms with Crippen molar-refractivity contribution in [1.82, 2.24) is 9.88 Å². The van der Waals surface area contributed by atoms with Crippen LogP contribution in [0.25, 0.3) is 0 Å². The number of aryl methyl sites for hydroxylation is 1. The Hall–Kier alpha value is -0.450. The van der Waals surface area contributed by atoms with Crippen LogP contribution in [0.15, 0.2) is 5.38 Å². The van der Waals surface area contributed by atoms with Gasteiger partial charge in [0.15, 0.2) is 0 Å². The van der Waals surface area contributed by atoms with Crippen LogP contribution in [-0.4, -0.2) is 33.7 Å². The van der Waals surface area contributed by atoms with Gasteiger partial charge in [0, 0.05) is 23.9 Å². The Morgan fingerprint density at radius 3 is 2.95 bits per heavy atom. The second kappa shape index (κ2) is 5.90. The van der Waals surface area contributed by atoms with E-state index in [0.29, 0.717) is 12.0 Å². The molecule has 0 bridgehead atoms. The average Bonchev–Trinajstić information content (AvgIpc) is 3.10. The smallest absolute Gasteiger partial charge is 0.0926 e. The molecule has 0 spiro atoms. The number of hydrogen-bond acceptors (Lipinski definition) is 4. The van der Waals surface area contributed by atoms with Crippen LogP contribution in [0.4, 0.5) is 0 Å². The van der Waals surface area contributed by atoms with Crippen molar-refractivity contribution >= 4 is 11.3 Å². The highest BCUT2D eigenvalue weighted by molar-refractivity contribution is 7.09. The van der Waals surface area contributed by atoms with Gasteiger partial charge in [0.25, 0.3) is 0 Å². The molecule has 0 radical (unpaired) electrons. The van der Waals surface area contributed by atoms with Gasteiger partial charge in [-0.3, -0.25) is 4.90 Å². The molecule has 2 fully saturated rings. The van der Waals surface area contributed by atoms with Crippen LogP contribution in [0, 0.1) is 5.92 Å². The standard InChI is InChI=1S/C15H24N2OS/c1-2-15-16-11(10-19-15)9-17-8-4-6-13(17)12-5-3-7-14(12)18/h10,12-14,18H,2-9H2,1H3. The fraction of sp³-hybridized carbons (Fsp3) is 0.800. The predicted octanol–water partition coefficient (Wildman–Crippen LogP) is 2.83. The normalized spacial score (nSPS) is 32.2. The summed E-state index contributed by atoms with van der Waals surface area (Å²) in [5, 5.41) is 13.6. The Balaban J connectivity index is 1.65. The van der Waals surface area contributed by atoms with Gasteiger partial charge >= 0.3 is 0 Å². The van der Waals surface area contributed by atoms with E-state index in [4.69, 9.17) is 0 Å². The molecular formula is C15H24N2OS. The fourth-order valence-corrected chi connectivity index (χ4v) is 4.48. The van der Waals surface area contributed by atoms with Gasteiger partial charge < -0.3 is 5.11 Å². The van der Waals surface area contributed by atoms with Crippen LogP contribution in [0.3, 0.4) is 0 Å². The molecule has 106 valence electrons. The summed E-state index contributed by atoms with van der Waals surface area (Å²) in [4.78, 5) is 7.25. The third kappa shape index (κ3) is 2.86. The minimum Gasteiger partial charge on any atom is -0.393 e. The lowest BCUT2D eigenvalue weighted by Crippen LogP contribution is -2.38. The van der Waals surface area contributed by atoms with Crippen molar-refractivity contribution in [3.05, 3.63) is 16.1 Å². The quantitative estimate of drug-likeness (QED) is 0.921. The van der Waals surface area contributed by atoms with Crippen molar-refractivity contribution in [2.75, 3.05) is 6.54 Å². The van der Waals surface area contributed by atoms with Crippen LogP contribution in [0.2, 0.25) is 0 Å². The van der Waals surface area contributed by atoms with Crippen molar-refractivity contribution in [3.8, 4) is 0 Å². The summed E-state index contributed by atoms with van der Waals surface area (Å²) < 4.78 is 0. The van der Waals surface area contributed by atoms with Gasteiger partial charge in [0.05, 0.1) is 16.8 Å². The van der Waals surface area contributed by atoms with Crippen LogP contribution in [-0.2, 0) is 13.0 Å². The largest absolute Gasteiger partial charge is 0.393 e. The van der Waals surface area contributed by atoms with E-state index in [1.165, 1.54) is 42.9 Å². The number of aromatic nitrogens is 1. The minimum absolute atomic E-state index is 0.0627. The number of rotatable bonds is 4. The summed E-state index contributed by atoms with van der Waals surface area (Å²) in [6.07, 6.45) is 6.92. The highest BCUT2D eigenvalue weighted by Crippen LogP contribution is 2.36. The molecule has 3 rings (SSSR count). The molecule has 2 heterocycles. The van der Waals surface area contributed by atoms with Crippen molar-refractivity contribution in [3.63, 3.8) is 0 Å². The van der Waals surface area contributed by atoms with Crippen molar-refractivity contribution in [1.29, 1.82) is 0 Å². The Labute approximate surface area is 119 Å². The minimum atomic E-state index is -0.0627. The van der Waals surface area contributed by atoms with Crippen LogP contribution in [0.1, 0.15) is 49.7 Å². The van der Waals surface area contributed by atoms with Gasteiger partial charge in [-0.05, 0) is 38.6 Å². The topological polar surface area (TPSA) is 36.4 Å². The highest BCUT2D eigenvalue weighted by atomic mass is 32.1. The van der Waals surface area contributed by atoms with Crippen LogP contribution in [0.5, 0.6) is 0 Å². The molecule has 1 aromatic rings. The summed E-state index contributed by atoms with van der Waals surface area (Å²) in [5.74, 6) is 0.506. The summed E-state index contributed by atoms with van der Waals surface area (Å²) in [6.45, 7) is 4.31. The number of aliphatic hydroxyl groups excluding tert-OH is 1. The molecule has 1 N–H and O–H groups in total. The molecule has 2 aliphatic rings. The van der Waals surface area contributed by atoms with Gasteiger partial charge in [0.2, 0.25) is 0 Å². The SMILES string of the molecule is CCc1nc(CN2CCCC2C2CCCC2O)cs1. The number of hydrogen-bond donors (Lipinski definition) is 1. The molecule has 1 saturated carbocycles. The first-order chi connectivity index (χ1) is 9.28.